The molecule has 0 unspecified atom stereocenters. The van der Waals surface area contributed by atoms with Gasteiger partial charge in [0.2, 0.25) is 0 Å². The van der Waals surface area contributed by atoms with Crippen molar-refractivity contribution in [2.45, 2.75) is 20.3 Å². The van der Waals surface area contributed by atoms with Gasteiger partial charge in [0.1, 0.15) is 0 Å². The molecule has 0 fully saturated rings. The molecule has 0 aliphatic carbocycles. The van der Waals surface area contributed by atoms with E-state index in [9.17, 15) is 4.79 Å². The Morgan fingerprint density at radius 2 is 2.19 bits per heavy atom. The summed E-state index contributed by atoms with van der Waals surface area (Å²) in [7, 11) is 0. The van der Waals surface area contributed by atoms with Crippen molar-refractivity contribution >= 4 is 17.5 Å². The summed E-state index contributed by atoms with van der Waals surface area (Å²) in [5, 5.41) is 0. The molecule has 0 saturated heterocycles. The van der Waals surface area contributed by atoms with Gasteiger partial charge >= 0.3 is 0 Å². The fraction of sp³-hybridized carbons (Fsp3) is 0.462. The standard InChI is InChI=1S/C13H18ClNO/c1-3-15(9-5-8-14)13(16)12-7-4-6-11(2)10-12/h4,6-7,10H,3,5,8-9H2,1-2H3. The maximum Gasteiger partial charge on any atom is 0.253 e. The van der Waals surface area contributed by atoms with Crippen LogP contribution in [0, 0.1) is 6.92 Å². The molecule has 3 heteroatoms. The molecule has 88 valence electrons. The Labute approximate surface area is 102 Å². The van der Waals surface area contributed by atoms with E-state index in [0.717, 1.165) is 30.6 Å². The zero-order chi connectivity index (χ0) is 12.0. The molecule has 0 radical (unpaired) electrons. The highest BCUT2D eigenvalue weighted by Gasteiger charge is 2.13. The van der Waals surface area contributed by atoms with Gasteiger partial charge in [-0.1, -0.05) is 17.7 Å². The molecule has 0 N–H and O–H groups in total. The van der Waals surface area contributed by atoms with E-state index in [-0.39, 0.29) is 5.91 Å². The molecule has 0 bridgehead atoms. The summed E-state index contributed by atoms with van der Waals surface area (Å²) in [6.45, 7) is 5.43. The number of hydrogen-bond donors (Lipinski definition) is 0. The van der Waals surface area contributed by atoms with Gasteiger partial charge in [0, 0.05) is 24.5 Å². The number of carbonyl (C=O) groups is 1. The highest BCUT2D eigenvalue weighted by Crippen LogP contribution is 2.08. The summed E-state index contributed by atoms with van der Waals surface area (Å²) < 4.78 is 0. The second-order valence-corrected chi connectivity index (χ2v) is 4.17. The molecule has 0 aliphatic heterocycles. The van der Waals surface area contributed by atoms with Gasteiger partial charge in [0.15, 0.2) is 0 Å². The fourth-order valence-corrected chi connectivity index (χ4v) is 1.73. The maximum atomic E-state index is 12.1. The van der Waals surface area contributed by atoms with E-state index in [1.165, 1.54) is 0 Å². The van der Waals surface area contributed by atoms with Crippen LogP contribution < -0.4 is 0 Å². The van der Waals surface area contributed by atoms with Gasteiger partial charge in [-0.15, -0.1) is 11.6 Å². The van der Waals surface area contributed by atoms with Crippen LogP contribution in [0.25, 0.3) is 0 Å². The van der Waals surface area contributed by atoms with Crippen LogP contribution in [0.2, 0.25) is 0 Å². The van der Waals surface area contributed by atoms with E-state index in [2.05, 4.69) is 0 Å². The van der Waals surface area contributed by atoms with Gasteiger partial charge in [-0.05, 0) is 32.4 Å². The quantitative estimate of drug-likeness (QED) is 0.724. The number of benzene rings is 1. The van der Waals surface area contributed by atoms with Crippen molar-refractivity contribution in [3.63, 3.8) is 0 Å². The third kappa shape index (κ3) is 3.53. The maximum absolute atomic E-state index is 12.1. The number of aryl methyl sites for hydroxylation is 1. The van der Waals surface area contributed by atoms with E-state index >= 15 is 0 Å². The van der Waals surface area contributed by atoms with E-state index in [1.54, 1.807) is 0 Å². The first-order chi connectivity index (χ1) is 7.69. The molecule has 0 aliphatic rings. The van der Waals surface area contributed by atoms with Crippen molar-refractivity contribution in [2.24, 2.45) is 0 Å². The summed E-state index contributed by atoms with van der Waals surface area (Å²) in [6.07, 6.45) is 0.840. The van der Waals surface area contributed by atoms with Crippen LogP contribution in [0.3, 0.4) is 0 Å². The van der Waals surface area contributed by atoms with Crippen molar-refractivity contribution in [1.29, 1.82) is 0 Å². The Balaban J connectivity index is 2.74. The predicted octanol–water partition coefficient (Wildman–Crippen LogP) is 3.09. The highest BCUT2D eigenvalue weighted by molar-refractivity contribution is 6.17. The first-order valence-corrected chi connectivity index (χ1v) is 6.14. The first kappa shape index (κ1) is 13.0. The highest BCUT2D eigenvalue weighted by atomic mass is 35.5. The minimum atomic E-state index is 0.0938. The van der Waals surface area contributed by atoms with Crippen molar-refractivity contribution < 1.29 is 4.79 Å². The van der Waals surface area contributed by atoms with Crippen molar-refractivity contribution in [1.82, 2.24) is 4.90 Å². The minimum Gasteiger partial charge on any atom is -0.339 e. The van der Waals surface area contributed by atoms with Crippen molar-refractivity contribution in [3.05, 3.63) is 35.4 Å². The van der Waals surface area contributed by atoms with Crippen LogP contribution in [-0.2, 0) is 0 Å². The van der Waals surface area contributed by atoms with Crippen LogP contribution in [0.4, 0.5) is 0 Å². The predicted molar refractivity (Wildman–Crippen MR) is 68.1 cm³/mol. The van der Waals surface area contributed by atoms with Crippen LogP contribution in [0.5, 0.6) is 0 Å². The van der Waals surface area contributed by atoms with Crippen molar-refractivity contribution in [3.8, 4) is 0 Å². The Bertz CT molecular complexity index is 352. The molecule has 0 saturated carbocycles. The molecule has 1 aromatic carbocycles. The second kappa shape index (κ2) is 6.54. The summed E-state index contributed by atoms with van der Waals surface area (Å²) in [6, 6.07) is 7.69. The molecule has 16 heavy (non-hydrogen) atoms. The summed E-state index contributed by atoms with van der Waals surface area (Å²) in [5.41, 5.74) is 1.87. The van der Waals surface area contributed by atoms with Gasteiger partial charge in [0.25, 0.3) is 5.91 Å². The molecule has 0 spiro atoms. The number of alkyl halides is 1. The van der Waals surface area contributed by atoms with Gasteiger partial charge in [0.05, 0.1) is 0 Å². The van der Waals surface area contributed by atoms with E-state index in [0.29, 0.717) is 5.88 Å². The normalized spacial score (nSPS) is 10.2. The average Bonchev–Trinajstić information content (AvgIpc) is 2.29. The number of amides is 1. The molecule has 0 atom stereocenters. The summed E-state index contributed by atoms with van der Waals surface area (Å²) in [5.74, 6) is 0.689. The molecule has 1 rings (SSSR count). The molecule has 2 nitrogen and oxygen atoms in total. The average molecular weight is 240 g/mol. The summed E-state index contributed by atoms with van der Waals surface area (Å²) in [4.78, 5) is 13.9. The molecular weight excluding hydrogens is 222 g/mol. The lowest BCUT2D eigenvalue weighted by Gasteiger charge is -2.20. The van der Waals surface area contributed by atoms with Gasteiger partial charge in [-0.2, -0.15) is 0 Å². The lowest BCUT2D eigenvalue weighted by atomic mass is 10.1. The SMILES string of the molecule is CCN(CCCCl)C(=O)c1cccc(C)c1. The Hall–Kier alpha value is -1.02. The Morgan fingerprint density at radius 1 is 1.44 bits per heavy atom. The lowest BCUT2D eigenvalue weighted by Crippen LogP contribution is -2.32. The smallest absolute Gasteiger partial charge is 0.253 e. The molecular formula is C13H18ClNO. The van der Waals surface area contributed by atoms with E-state index in [4.69, 9.17) is 11.6 Å². The van der Waals surface area contributed by atoms with Crippen molar-refractivity contribution in [2.75, 3.05) is 19.0 Å². The Morgan fingerprint density at radius 3 is 2.75 bits per heavy atom. The van der Waals surface area contributed by atoms with Crippen LogP contribution in [0.15, 0.2) is 24.3 Å². The Kier molecular flexibility index (Phi) is 5.33. The number of hydrogen-bond acceptors (Lipinski definition) is 1. The van der Waals surface area contributed by atoms with Crippen LogP contribution in [-0.4, -0.2) is 29.8 Å². The van der Waals surface area contributed by atoms with E-state index in [1.807, 2.05) is 43.0 Å². The molecule has 0 heterocycles. The van der Waals surface area contributed by atoms with Gasteiger partial charge in [-0.25, -0.2) is 0 Å². The molecule has 1 amide bonds. The number of halogens is 1. The lowest BCUT2D eigenvalue weighted by molar-refractivity contribution is 0.0765. The number of nitrogens with zero attached hydrogens (tertiary/aromatic N) is 1. The van der Waals surface area contributed by atoms with E-state index < -0.39 is 0 Å². The largest absolute Gasteiger partial charge is 0.339 e. The third-order valence-corrected chi connectivity index (χ3v) is 2.76. The first-order valence-electron chi connectivity index (χ1n) is 5.61. The topological polar surface area (TPSA) is 20.3 Å². The zero-order valence-electron chi connectivity index (χ0n) is 9.87. The summed E-state index contributed by atoms with van der Waals surface area (Å²) >= 11 is 5.64. The second-order valence-electron chi connectivity index (χ2n) is 3.80. The fourth-order valence-electron chi connectivity index (χ4n) is 1.61. The number of carbonyl (C=O) groups excluding carboxylic acids is 1. The van der Waals surface area contributed by atoms with Gasteiger partial charge < -0.3 is 4.90 Å². The molecule has 0 aromatic heterocycles. The zero-order valence-corrected chi connectivity index (χ0v) is 10.6. The third-order valence-electron chi connectivity index (χ3n) is 2.50. The van der Waals surface area contributed by atoms with Crippen LogP contribution >= 0.6 is 11.6 Å². The van der Waals surface area contributed by atoms with Gasteiger partial charge in [-0.3, -0.25) is 4.79 Å². The minimum absolute atomic E-state index is 0.0938. The van der Waals surface area contributed by atoms with Crippen LogP contribution in [0.1, 0.15) is 29.3 Å². The monoisotopic (exact) mass is 239 g/mol. The number of rotatable bonds is 5. The molecule has 1 aromatic rings.